The van der Waals surface area contributed by atoms with Crippen LogP contribution in [0.5, 0.6) is 34.5 Å². The van der Waals surface area contributed by atoms with Gasteiger partial charge in [-0.15, -0.1) is 20.4 Å². The molecule has 34 heteroatoms. The van der Waals surface area contributed by atoms with Gasteiger partial charge in [-0.25, -0.2) is 0 Å². The van der Waals surface area contributed by atoms with E-state index in [1.807, 2.05) is 27.7 Å². The number of rotatable bonds is 30. The first-order valence-corrected chi connectivity index (χ1v) is 36.4. The fraction of sp³-hybridized carbons (Fsp3) is 0.500. The molecule has 0 bridgehead atoms. The number of nitrogens with one attached hydrogen (secondary N) is 3. The number of carbonyl (C=O) groups is 9. The van der Waals surface area contributed by atoms with Crippen molar-refractivity contribution in [2.75, 3.05) is 111 Å². The lowest BCUT2D eigenvalue weighted by Crippen LogP contribution is -2.52. The number of piperidine rings is 2. The Balaban J connectivity index is 0.881. The van der Waals surface area contributed by atoms with Crippen LogP contribution in [0.25, 0.3) is 34.2 Å². The molecule has 5 amide bonds. The normalized spacial score (nSPS) is 16.0. The van der Waals surface area contributed by atoms with Crippen molar-refractivity contribution in [1.29, 1.82) is 0 Å². The molecule has 6 aromatic rings. The van der Waals surface area contributed by atoms with Gasteiger partial charge in [0, 0.05) is 166 Å². The number of carboxylic acids is 4. The van der Waals surface area contributed by atoms with E-state index in [-0.39, 0.29) is 198 Å². The van der Waals surface area contributed by atoms with Gasteiger partial charge in [0.15, 0.2) is 11.6 Å². The number of aliphatic carboxylic acids is 4. The monoisotopic (exact) mass is 1500 g/mol. The number of phenolic OH excluding ortho intramolecular Hbond substituents is 4. The van der Waals surface area contributed by atoms with Crippen LogP contribution in [0, 0.1) is 0 Å². The van der Waals surface area contributed by atoms with Crippen molar-refractivity contribution in [3.8, 4) is 68.6 Å². The largest absolute Gasteiger partial charge is 0.508 e. The number of benzene rings is 4. The van der Waals surface area contributed by atoms with Crippen LogP contribution < -0.4 is 25.4 Å². The Labute approximate surface area is 623 Å². The number of aromatic nitrogens is 6. The Kier molecular flexibility index (Phi) is 28.2. The van der Waals surface area contributed by atoms with E-state index in [9.17, 15) is 84.0 Å². The summed E-state index contributed by atoms with van der Waals surface area (Å²) in [5, 5.41) is 109. The minimum absolute atomic E-state index is 0.0243. The van der Waals surface area contributed by atoms with Crippen molar-refractivity contribution in [3.05, 3.63) is 95.6 Å². The number of amides is 5. The second kappa shape index (κ2) is 37.5. The smallest absolute Gasteiger partial charge is 0.320 e. The molecule has 9 rings (SSSR count). The molecule has 0 saturated carbocycles. The molecule has 5 heterocycles. The predicted octanol–water partition coefficient (Wildman–Crippen LogP) is 4.16. The van der Waals surface area contributed by atoms with Crippen LogP contribution in [0.15, 0.2) is 72.8 Å². The zero-order valence-electron chi connectivity index (χ0n) is 61.5. The third-order valence-corrected chi connectivity index (χ3v) is 19.3. The molecule has 0 spiro atoms. The topological polar surface area (TPSA) is 451 Å². The van der Waals surface area contributed by atoms with E-state index < -0.39 is 73.2 Å². The van der Waals surface area contributed by atoms with E-state index >= 15 is 0 Å². The summed E-state index contributed by atoms with van der Waals surface area (Å²) < 4.78 is 15.9. The molecule has 582 valence electrons. The number of likely N-dealkylation sites (tertiary alicyclic amines) is 2. The lowest BCUT2D eigenvalue weighted by Gasteiger charge is -2.35. The molecule has 108 heavy (non-hydrogen) atoms. The van der Waals surface area contributed by atoms with Gasteiger partial charge in [0.2, 0.25) is 29.4 Å². The van der Waals surface area contributed by atoms with Gasteiger partial charge >= 0.3 is 23.9 Å². The van der Waals surface area contributed by atoms with Crippen LogP contribution in [-0.2, 0) is 33.6 Å². The van der Waals surface area contributed by atoms with Gasteiger partial charge in [0.1, 0.15) is 52.7 Å². The fourth-order valence-electron chi connectivity index (χ4n) is 13.6. The summed E-state index contributed by atoms with van der Waals surface area (Å²) in [6, 6.07) is 16.9. The van der Waals surface area contributed by atoms with Crippen molar-refractivity contribution < 1.29 is 93.5 Å². The number of hydrogen-bond acceptors (Lipinski definition) is 23. The second-order valence-electron chi connectivity index (χ2n) is 27.7. The van der Waals surface area contributed by atoms with Crippen LogP contribution in [0.2, 0.25) is 0 Å². The van der Waals surface area contributed by atoms with Gasteiger partial charge in [0.25, 0.3) is 11.8 Å². The standard InChI is InChI=1S/C74H97N15O19/c1-7-75-72(103)70-80-78-68(55-37-53(44(3)4)58(90)39-60(55)92)88(70)47-9-13-49(14-10-47)107-51-19-23-86(24-20-51)63(95)35-46(77-62(94)18-17-57(74(105)106)85-33-31-83(42-66(99)100)29-27-82(41-65(97)98)28-30-84(32-34-85)43-67(101)102)36-64(96)87-25-21-52(22-26-87)108-50-15-11-48(12-16-50)89-69(79-81-71(89)73(104)76-8-2)56-38-54(45(5)6)59(91)40-61(56)93/h9-16,37-40,44-46,51-52,57,90-93H,7-8,17-36,41-43H2,1-6H3,(H,75,103)(H,76,104)(H,77,94)(H,97,98)(H,99,100)(H,101,102)(H,105,106)/t57-/m1/s1. The van der Waals surface area contributed by atoms with Crippen LogP contribution in [0.4, 0.5) is 0 Å². The van der Waals surface area contributed by atoms with E-state index in [0.29, 0.717) is 72.8 Å². The number of phenols is 4. The Morgan fingerprint density at radius 1 is 0.481 bits per heavy atom. The SMILES string of the molecule is CCNC(=O)c1nnc(-c2cc(C(C)C)c(O)cc2O)n1-c1ccc(OC2CCN(C(=O)CC(CC(=O)N3CCC(Oc4ccc(-n5c(C(=O)NCC)nnc5-c5cc(C(C)C)c(O)cc5O)cc4)CC3)NC(=O)CC[C@H](C(=O)O)N3CCN(CC(=O)O)CCN(CC(=O)O)CCN(CC(=O)O)CC3)CC2)cc1. The lowest BCUT2D eigenvalue weighted by molar-refractivity contribution is -0.145. The Hall–Kier alpha value is -11.0. The van der Waals surface area contributed by atoms with Crippen molar-refractivity contribution in [2.24, 2.45) is 0 Å². The first-order valence-electron chi connectivity index (χ1n) is 36.4. The minimum Gasteiger partial charge on any atom is -0.508 e. The van der Waals surface area contributed by atoms with E-state index in [0.717, 1.165) is 0 Å². The van der Waals surface area contributed by atoms with E-state index in [1.54, 1.807) is 104 Å². The number of nitrogens with zero attached hydrogens (tertiary/aromatic N) is 12. The lowest BCUT2D eigenvalue weighted by atomic mass is 9.98. The van der Waals surface area contributed by atoms with Gasteiger partial charge in [-0.2, -0.15) is 0 Å². The zero-order valence-corrected chi connectivity index (χ0v) is 61.5. The summed E-state index contributed by atoms with van der Waals surface area (Å²) in [4.78, 5) is 128. The van der Waals surface area contributed by atoms with Gasteiger partial charge in [-0.05, 0) is 104 Å². The summed E-state index contributed by atoms with van der Waals surface area (Å²) in [7, 11) is 0. The summed E-state index contributed by atoms with van der Waals surface area (Å²) in [6.45, 7) is 11.8. The third-order valence-electron chi connectivity index (χ3n) is 19.3. The van der Waals surface area contributed by atoms with E-state index in [1.165, 1.54) is 21.3 Å². The maximum absolute atomic E-state index is 14.5. The highest BCUT2D eigenvalue weighted by molar-refractivity contribution is 5.93. The number of carboxylic acid groups (broad SMARTS) is 4. The molecular weight excluding hydrogens is 1400 g/mol. The van der Waals surface area contributed by atoms with Gasteiger partial charge in [-0.3, -0.25) is 71.9 Å². The summed E-state index contributed by atoms with van der Waals surface area (Å²) in [6.07, 6.45) is -0.425. The van der Waals surface area contributed by atoms with Crippen molar-refractivity contribution in [3.63, 3.8) is 0 Å². The quantitative estimate of drug-likeness (QED) is 0.0301. The van der Waals surface area contributed by atoms with Crippen LogP contribution in [0.1, 0.15) is 137 Å². The first-order chi connectivity index (χ1) is 51.6. The Bertz CT molecular complexity index is 3940. The number of aromatic hydroxyl groups is 4. The summed E-state index contributed by atoms with van der Waals surface area (Å²) in [5.41, 5.74) is 2.50. The van der Waals surface area contributed by atoms with Gasteiger partial charge in [-0.1, -0.05) is 27.7 Å². The molecule has 3 aliphatic heterocycles. The number of ether oxygens (including phenoxy) is 2. The average molecular weight is 1500 g/mol. The third kappa shape index (κ3) is 21.4. The summed E-state index contributed by atoms with van der Waals surface area (Å²) >= 11 is 0. The maximum Gasteiger partial charge on any atom is 0.320 e. The van der Waals surface area contributed by atoms with Gasteiger partial charge in [0.05, 0.1) is 30.8 Å². The Morgan fingerprint density at radius 3 is 1.18 bits per heavy atom. The second-order valence-corrected chi connectivity index (χ2v) is 27.7. The Morgan fingerprint density at radius 2 is 0.843 bits per heavy atom. The zero-order chi connectivity index (χ0) is 78.0. The number of carbonyl (C=O) groups excluding carboxylic acids is 5. The fourth-order valence-corrected chi connectivity index (χ4v) is 13.6. The van der Waals surface area contributed by atoms with Gasteiger partial charge < -0.3 is 76.1 Å². The summed E-state index contributed by atoms with van der Waals surface area (Å²) in [5.74, 6) is -7.04. The molecule has 2 aromatic heterocycles. The van der Waals surface area contributed by atoms with Crippen LogP contribution in [-0.4, -0.2) is 289 Å². The average Bonchev–Trinajstić information content (AvgIpc) is 1.59. The molecule has 11 N–H and O–H groups in total. The molecule has 3 fully saturated rings. The highest BCUT2D eigenvalue weighted by Crippen LogP contribution is 2.41. The first kappa shape index (κ1) is 81.1. The van der Waals surface area contributed by atoms with Crippen LogP contribution >= 0.6 is 0 Å². The van der Waals surface area contributed by atoms with Crippen LogP contribution in [0.3, 0.4) is 0 Å². The molecule has 3 saturated heterocycles. The molecule has 0 unspecified atom stereocenters. The highest BCUT2D eigenvalue weighted by atomic mass is 16.5. The van der Waals surface area contributed by atoms with E-state index in [4.69, 9.17) is 9.47 Å². The molecule has 0 radical (unpaired) electrons. The molecule has 3 aliphatic rings. The molecule has 1 atom stereocenters. The highest BCUT2D eigenvalue weighted by Gasteiger charge is 2.35. The molecule has 4 aromatic carbocycles. The molecule has 34 nitrogen and oxygen atoms in total. The van der Waals surface area contributed by atoms with E-state index in [2.05, 4.69) is 36.3 Å². The predicted molar refractivity (Wildman–Crippen MR) is 391 cm³/mol. The van der Waals surface area contributed by atoms with Crippen molar-refractivity contribution in [1.82, 2.24) is 74.9 Å². The van der Waals surface area contributed by atoms with Crippen molar-refractivity contribution in [2.45, 2.75) is 129 Å². The van der Waals surface area contributed by atoms with Crippen molar-refractivity contribution >= 4 is 53.4 Å². The molecule has 0 aliphatic carbocycles. The number of hydrogen-bond donors (Lipinski definition) is 11. The molecular formula is C74H97N15O19. The minimum atomic E-state index is -1.34. The maximum atomic E-state index is 14.5.